The molecule has 0 saturated carbocycles. The zero-order chi connectivity index (χ0) is 20.9. The van der Waals surface area contributed by atoms with Crippen molar-refractivity contribution < 1.29 is 9.59 Å². The van der Waals surface area contributed by atoms with Crippen LogP contribution in [0.4, 0.5) is 10.8 Å². The zero-order valence-corrected chi connectivity index (χ0v) is 17.8. The summed E-state index contributed by atoms with van der Waals surface area (Å²) in [7, 11) is 0. The molecule has 0 saturated heterocycles. The standard InChI is InChI=1S/C23H19N3O2S2/c1-15-7-2-3-10-18(15)22(28)24-16-8-6-9-17(13-16)29-14-21(27)26-23-25-19-11-4-5-12-20(19)30-23/h2-13H,14H2,1H3,(H,24,28)(H,25,26,27). The molecular formula is C23H19N3O2S2. The van der Waals surface area contributed by atoms with Gasteiger partial charge < -0.3 is 10.6 Å². The minimum atomic E-state index is -0.149. The minimum Gasteiger partial charge on any atom is -0.322 e. The van der Waals surface area contributed by atoms with Crippen LogP contribution in [0.15, 0.2) is 77.7 Å². The Bertz CT molecular complexity index is 1190. The smallest absolute Gasteiger partial charge is 0.255 e. The second kappa shape index (κ2) is 9.11. The van der Waals surface area contributed by atoms with E-state index in [2.05, 4.69) is 15.6 Å². The van der Waals surface area contributed by atoms with Crippen molar-refractivity contribution in [2.45, 2.75) is 11.8 Å². The fraction of sp³-hybridized carbons (Fsp3) is 0.0870. The first-order valence-corrected chi connectivity index (χ1v) is 11.1. The second-order valence-electron chi connectivity index (χ2n) is 6.62. The van der Waals surface area contributed by atoms with Crippen LogP contribution in [-0.4, -0.2) is 22.6 Å². The maximum atomic E-state index is 12.5. The summed E-state index contributed by atoms with van der Waals surface area (Å²) in [5.74, 6) is -0.0114. The van der Waals surface area contributed by atoms with Crippen molar-refractivity contribution >= 4 is 55.9 Å². The van der Waals surface area contributed by atoms with Crippen LogP contribution in [0.5, 0.6) is 0 Å². The van der Waals surface area contributed by atoms with E-state index < -0.39 is 0 Å². The number of nitrogens with zero attached hydrogens (tertiary/aromatic N) is 1. The van der Waals surface area contributed by atoms with Gasteiger partial charge in [0.05, 0.1) is 16.0 Å². The molecule has 2 amide bonds. The number of para-hydroxylation sites is 1. The Morgan fingerprint density at radius 2 is 1.77 bits per heavy atom. The number of amides is 2. The van der Waals surface area contributed by atoms with Crippen LogP contribution in [0.1, 0.15) is 15.9 Å². The van der Waals surface area contributed by atoms with E-state index in [1.54, 1.807) is 6.07 Å². The molecule has 0 aliphatic heterocycles. The highest BCUT2D eigenvalue weighted by Gasteiger charge is 2.11. The molecule has 5 nitrogen and oxygen atoms in total. The normalized spacial score (nSPS) is 10.7. The van der Waals surface area contributed by atoms with Gasteiger partial charge >= 0.3 is 0 Å². The number of thioether (sulfide) groups is 1. The van der Waals surface area contributed by atoms with E-state index in [4.69, 9.17) is 0 Å². The van der Waals surface area contributed by atoms with E-state index in [9.17, 15) is 9.59 Å². The molecular weight excluding hydrogens is 414 g/mol. The van der Waals surface area contributed by atoms with Gasteiger partial charge in [0.2, 0.25) is 5.91 Å². The van der Waals surface area contributed by atoms with Gasteiger partial charge in [-0.15, -0.1) is 11.8 Å². The molecule has 0 bridgehead atoms. The third-order valence-electron chi connectivity index (χ3n) is 4.39. The van der Waals surface area contributed by atoms with Gasteiger partial charge in [-0.3, -0.25) is 9.59 Å². The first-order valence-electron chi connectivity index (χ1n) is 9.34. The molecule has 0 unspecified atom stereocenters. The molecule has 4 rings (SSSR count). The van der Waals surface area contributed by atoms with E-state index in [1.807, 2.05) is 73.7 Å². The van der Waals surface area contributed by atoms with Crippen LogP contribution in [0.3, 0.4) is 0 Å². The summed E-state index contributed by atoms with van der Waals surface area (Å²) in [6, 6.07) is 22.7. The number of hydrogen-bond donors (Lipinski definition) is 2. The Balaban J connectivity index is 1.35. The highest BCUT2D eigenvalue weighted by Crippen LogP contribution is 2.26. The molecule has 0 spiro atoms. The van der Waals surface area contributed by atoms with Crippen LogP contribution in [0, 0.1) is 6.92 Å². The lowest BCUT2D eigenvalue weighted by Crippen LogP contribution is -2.14. The van der Waals surface area contributed by atoms with Crippen molar-refractivity contribution in [3.05, 3.63) is 83.9 Å². The van der Waals surface area contributed by atoms with Crippen molar-refractivity contribution in [1.29, 1.82) is 0 Å². The number of hydrogen-bond acceptors (Lipinski definition) is 5. The third-order valence-corrected chi connectivity index (χ3v) is 6.34. The second-order valence-corrected chi connectivity index (χ2v) is 8.70. The summed E-state index contributed by atoms with van der Waals surface area (Å²) >= 11 is 2.86. The lowest BCUT2D eigenvalue weighted by atomic mass is 10.1. The number of benzene rings is 3. The lowest BCUT2D eigenvalue weighted by molar-refractivity contribution is -0.113. The Kier molecular flexibility index (Phi) is 6.11. The molecule has 0 aliphatic carbocycles. The van der Waals surface area contributed by atoms with Crippen LogP contribution in [0.2, 0.25) is 0 Å². The molecule has 0 fully saturated rings. The fourth-order valence-electron chi connectivity index (χ4n) is 2.92. The van der Waals surface area contributed by atoms with E-state index in [-0.39, 0.29) is 17.6 Å². The molecule has 1 aromatic heterocycles. The lowest BCUT2D eigenvalue weighted by Gasteiger charge is -2.09. The van der Waals surface area contributed by atoms with E-state index in [1.165, 1.54) is 23.1 Å². The molecule has 2 N–H and O–H groups in total. The van der Waals surface area contributed by atoms with Crippen molar-refractivity contribution in [3.8, 4) is 0 Å². The number of aromatic nitrogens is 1. The van der Waals surface area contributed by atoms with Gasteiger partial charge in [0.1, 0.15) is 0 Å². The van der Waals surface area contributed by atoms with Crippen LogP contribution in [-0.2, 0) is 4.79 Å². The molecule has 30 heavy (non-hydrogen) atoms. The Labute approximate surface area is 182 Å². The third kappa shape index (κ3) is 4.87. The summed E-state index contributed by atoms with van der Waals surface area (Å²) in [6.07, 6.45) is 0. The molecule has 7 heteroatoms. The predicted octanol–water partition coefficient (Wildman–Crippen LogP) is 5.59. The molecule has 150 valence electrons. The summed E-state index contributed by atoms with van der Waals surface area (Å²) in [4.78, 5) is 30.1. The van der Waals surface area contributed by atoms with Gasteiger partial charge in [0.15, 0.2) is 5.13 Å². The van der Waals surface area contributed by atoms with Gasteiger partial charge in [-0.1, -0.05) is 47.7 Å². The van der Waals surface area contributed by atoms with Crippen LogP contribution < -0.4 is 10.6 Å². The van der Waals surface area contributed by atoms with Crippen molar-refractivity contribution in [1.82, 2.24) is 4.98 Å². The molecule has 0 atom stereocenters. The maximum Gasteiger partial charge on any atom is 0.255 e. The highest BCUT2D eigenvalue weighted by molar-refractivity contribution is 8.00. The number of carbonyl (C=O) groups is 2. The molecule has 4 aromatic rings. The number of thiazole rings is 1. The average molecular weight is 434 g/mol. The number of fused-ring (bicyclic) bond motifs is 1. The monoisotopic (exact) mass is 433 g/mol. The van der Waals surface area contributed by atoms with Gasteiger partial charge in [-0.25, -0.2) is 4.98 Å². The van der Waals surface area contributed by atoms with Crippen LogP contribution in [0.25, 0.3) is 10.2 Å². The van der Waals surface area contributed by atoms with E-state index >= 15 is 0 Å². The van der Waals surface area contributed by atoms with Crippen molar-refractivity contribution in [3.63, 3.8) is 0 Å². The summed E-state index contributed by atoms with van der Waals surface area (Å²) in [5.41, 5.74) is 3.14. The minimum absolute atomic E-state index is 0.117. The van der Waals surface area contributed by atoms with Crippen LogP contribution >= 0.6 is 23.1 Å². The average Bonchev–Trinajstić information content (AvgIpc) is 3.15. The van der Waals surface area contributed by atoms with Crippen molar-refractivity contribution in [2.24, 2.45) is 0 Å². The molecule has 3 aromatic carbocycles. The van der Waals surface area contributed by atoms with E-state index in [0.29, 0.717) is 16.4 Å². The maximum absolute atomic E-state index is 12.5. The molecule has 0 radical (unpaired) electrons. The zero-order valence-electron chi connectivity index (χ0n) is 16.2. The quantitative estimate of drug-likeness (QED) is 0.389. The first-order chi connectivity index (χ1) is 14.6. The number of aryl methyl sites for hydroxylation is 1. The summed E-state index contributed by atoms with van der Waals surface area (Å²) < 4.78 is 1.04. The Morgan fingerprint density at radius 3 is 2.60 bits per heavy atom. The first kappa shape index (κ1) is 20.1. The SMILES string of the molecule is Cc1ccccc1C(=O)Nc1cccc(SCC(=O)Nc2nc3ccccc3s2)c1. The van der Waals surface area contributed by atoms with Crippen molar-refractivity contribution in [2.75, 3.05) is 16.4 Å². The largest absolute Gasteiger partial charge is 0.322 e. The summed E-state index contributed by atoms with van der Waals surface area (Å²) in [5, 5.41) is 6.37. The predicted molar refractivity (Wildman–Crippen MR) is 125 cm³/mol. The van der Waals surface area contributed by atoms with E-state index in [0.717, 1.165) is 20.7 Å². The number of rotatable bonds is 6. The number of anilines is 2. The Hall–Kier alpha value is -3.16. The molecule has 0 aliphatic rings. The molecule has 1 heterocycles. The van der Waals surface area contributed by atoms with Gasteiger partial charge in [0.25, 0.3) is 5.91 Å². The fourth-order valence-corrected chi connectivity index (χ4v) is 4.56. The van der Waals surface area contributed by atoms with Gasteiger partial charge in [0, 0.05) is 16.1 Å². The highest BCUT2D eigenvalue weighted by atomic mass is 32.2. The number of carbonyl (C=O) groups excluding carboxylic acids is 2. The Morgan fingerprint density at radius 1 is 0.967 bits per heavy atom. The van der Waals surface area contributed by atoms with Gasteiger partial charge in [-0.2, -0.15) is 0 Å². The van der Waals surface area contributed by atoms with Gasteiger partial charge in [-0.05, 0) is 48.9 Å². The topological polar surface area (TPSA) is 71.1 Å². The summed E-state index contributed by atoms with van der Waals surface area (Å²) in [6.45, 7) is 1.91. The number of nitrogens with one attached hydrogen (secondary N) is 2.